The molecule has 0 unspecified atom stereocenters. The fraction of sp³-hybridized carbons (Fsp3) is 0.500. The summed E-state index contributed by atoms with van der Waals surface area (Å²) < 4.78 is 28.4. The molecule has 2 amide bonds. The summed E-state index contributed by atoms with van der Waals surface area (Å²) >= 11 is 0. The summed E-state index contributed by atoms with van der Waals surface area (Å²) in [5, 5.41) is 0. The summed E-state index contributed by atoms with van der Waals surface area (Å²) in [6, 6.07) is 5.87. The van der Waals surface area contributed by atoms with Gasteiger partial charge in [0.25, 0.3) is 0 Å². The van der Waals surface area contributed by atoms with Crippen LogP contribution in [0.4, 0.5) is 8.78 Å². The number of likely N-dealkylation sites (N-methyl/N-ethyl adjacent to an activating group) is 2. The Kier molecular flexibility index (Phi) is 7.44. The highest BCUT2D eigenvalue weighted by Crippen LogP contribution is 2.15. The minimum atomic E-state index is -2.88. The molecule has 0 aliphatic heterocycles. The number of alkyl halides is 2. The third-order valence-corrected chi connectivity index (χ3v) is 3.42. The summed E-state index contributed by atoms with van der Waals surface area (Å²) in [6.07, 6.45) is 0.0942. The Labute approximate surface area is 134 Å². The lowest BCUT2D eigenvalue weighted by Crippen LogP contribution is -2.41. The fourth-order valence-corrected chi connectivity index (χ4v) is 2.07. The number of hydrogen-bond acceptors (Lipinski definition) is 3. The molecule has 1 aromatic carbocycles. The number of benzene rings is 1. The molecule has 0 saturated heterocycles. The highest BCUT2D eigenvalue weighted by Gasteiger charge is 2.16. The molecule has 7 heteroatoms. The van der Waals surface area contributed by atoms with Crippen LogP contribution in [-0.4, -0.2) is 54.9 Å². The van der Waals surface area contributed by atoms with E-state index in [1.54, 1.807) is 24.1 Å². The van der Waals surface area contributed by atoms with Crippen LogP contribution < -0.4 is 4.74 Å². The molecule has 0 radical (unpaired) electrons. The maximum absolute atomic E-state index is 12.1. The van der Waals surface area contributed by atoms with Crippen LogP contribution in [0.1, 0.15) is 19.4 Å². The van der Waals surface area contributed by atoms with Crippen molar-refractivity contribution in [3.05, 3.63) is 29.8 Å². The predicted octanol–water partition coefficient (Wildman–Crippen LogP) is 2.16. The molecule has 0 aromatic heterocycles. The number of ether oxygens (including phenoxy) is 1. The highest BCUT2D eigenvalue weighted by molar-refractivity contribution is 5.85. The molecule has 0 aliphatic carbocycles. The van der Waals surface area contributed by atoms with E-state index in [1.807, 2.05) is 13.8 Å². The first-order valence-corrected chi connectivity index (χ1v) is 7.42. The molecule has 0 fully saturated rings. The lowest BCUT2D eigenvalue weighted by molar-refractivity contribution is -0.138. The Morgan fingerprint density at radius 1 is 1.09 bits per heavy atom. The SMILES string of the molecule is CCN(CC)C(=O)CN(C)C(=O)Cc1ccc(OC(F)F)cc1. The van der Waals surface area contributed by atoms with Gasteiger partial charge in [-0.1, -0.05) is 12.1 Å². The lowest BCUT2D eigenvalue weighted by Gasteiger charge is -2.23. The van der Waals surface area contributed by atoms with Crippen molar-refractivity contribution in [2.75, 3.05) is 26.7 Å². The second-order valence-electron chi connectivity index (χ2n) is 5.02. The van der Waals surface area contributed by atoms with Crippen LogP contribution in [0.5, 0.6) is 5.75 Å². The van der Waals surface area contributed by atoms with Gasteiger partial charge in [-0.05, 0) is 31.5 Å². The van der Waals surface area contributed by atoms with Gasteiger partial charge in [-0.3, -0.25) is 9.59 Å². The molecule has 0 atom stereocenters. The average Bonchev–Trinajstić information content (AvgIpc) is 2.49. The molecule has 5 nitrogen and oxygen atoms in total. The number of halogens is 2. The fourth-order valence-electron chi connectivity index (χ4n) is 2.07. The van der Waals surface area contributed by atoms with E-state index in [1.165, 1.54) is 17.0 Å². The zero-order chi connectivity index (χ0) is 17.4. The van der Waals surface area contributed by atoms with E-state index in [9.17, 15) is 18.4 Å². The number of hydrogen-bond donors (Lipinski definition) is 0. The third kappa shape index (κ3) is 6.22. The smallest absolute Gasteiger partial charge is 0.387 e. The first-order valence-electron chi connectivity index (χ1n) is 7.42. The molecule has 0 N–H and O–H groups in total. The molecular formula is C16H22F2N2O3. The Morgan fingerprint density at radius 3 is 2.13 bits per heavy atom. The maximum Gasteiger partial charge on any atom is 0.387 e. The summed E-state index contributed by atoms with van der Waals surface area (Å²) in [7, 11) is 1.57. The normalized spacial score (nSPS) is 10.5. The van der Waals surface area contributed by atoms with E-state index in [4.69, 9.17) is 0 Å². The Bertz CT molecular complexity index is 517. The van der Waals surface area contributed by atoms with Gasteiger partial charge in [0.15, 0.2) is 0 Å². The van der Waals surface area contributed by atoms with Gasteiger partial charge in [0.2, 0.25) is 11.8 Å². The van der Waals surface area contributed by atoms with Crippen molar-refractivity contribution >= 4 is 11.8 Å². The van der Waals surface area contributed by atoms with Gasteiger partial charge < -0.3 is 14.5 Å². The molecule has 23 heavy (non-hydrogen) atoms. The van der Waals surface area contributed by atoms with E-state index in [-0.39, 0.29) is 30.5 Å². The van der Waals surface area contributed by atoms with Crippen LogP contribution in [0.25, 0.3) is 0 Å². The average molecular weight is 328 g/mol. The standard InChI is InChI=1S/C16H22F2N2O3/c1-4-20(5-2)15(22)11-19(3)14(21)10-12-6-8-13(9-7-12)23-16(17)18/h6-9,16H,4-5,10-11H2,1-3H3. The molecule has 1 aromatic rings. The largest absolute Gasteiger partial charge is 0.435 e. The van der Waals surface area contributed by atoms with Gasteiger partial charge in [-0.2, -0.15) is 8.78 Å². The topological polar surface area (TPSA) is 49.9 Å². The minimum Gasteiger partial charge on any atom is -0.435 e. The van der Waals surface area contributed by atoms with E-state index < -0.39 is 6.61 Å². The van der Waals surface area contributed by atoms with Gasteiger partial charge in [0.05, 0.1) is 13.0 Å². The van der Waals surface area contributed by atoms with E-state index in [0.29, 0.717) is 18.7 Å². The summed E-state index contributed by atoms with van der Waals surface area (Å²) in [5.74, 6) is -0.277. The maximum atomic E-state index is 12.1. The summed E-state index contributed by atoms with van der Waals surface area (Å²) in [6.45, 7) is 2.11. The van der Waals surface area contributed by atoms with Crippen molar-refractivity contribution in [1.82, 2.24) is 9.80 Å². The molecule has 0 bridgehead atoms. The highest BCUT2D eigenvalue weighted by atomic mass is 19.3. The zero-order valence-electron chi connectivity index (χ0n) is 13.6. The van der Waals surface area contributed by atoms with Crippen LogP contribution >= 0.6 is 0 Å². The van der Waals surface area contributed by atoms with E-state index >= 15 is 0 Å². The van der Waals surface area contributed by atoms with Crippen molar-refractivity contribution < 1.29 is 23.1 Å². The second kappa shape index (κ2) is 9.07. The van der Waals surface area contributed by atoms with Gasteiger partial charge >= 0.3 is 6.61 Å². The van der Waals surface area contributed by atoms with Crippen LogP contribution in [0.15, 0.2) is 24.3 Å². The number of amides is 2. The zero-order valence-corrected chi connectivity index (χ0v) is 13.6. The molecule has 0 spiro atoms. The van der Waals surface area contributed by atoms with Crippen molar-refractivity contribution in [1.29, 1.82) is 0 Å². The first-order chi connectivity index (χ1) is 10.9. The molecule has 0 aliphatic rings. The Morgan fingerprint density at radius 2 is 1.65 bits per heavy atom. The van der Waals surface area contributed by atoms with E-state index in [0.717, 1.165) is 0 Å². The molecular weight excluding hydrogens is 306 g/mol. The van der Waals surface area contributed by atoms with Crippen molar-refractivity contribution in [3.63, 3.8) is 0 Å². The monoisotopic (exact) mass is 328 g/mol. The van der Waals surface area contributed by atoms with Crippen molar-refractivity contribution in [2.45, 2.75) is 26.9 Å². The van der Waals surface area contributed by atoms with Crippen molar-refractivity contribution in [2.24, 2.45) is 0 Å². The molecule has 1 rings (SSSR count). The predicted molar refractivity (Wildman–Crippen MR) is 82.3 cm³/mol. The molecule has 0 saturated carbocycles. The van der Waals surface area contributed by atoms with E-state index in [2.05, 4.69) is 4.74 Å². The Hall–Kier alpha value is -2.18. The number of carbonyl (C=O) groups is 2. The molecule has 128 valence electrons. The molecule has 0 heterocycles. The Balaban J connectivity index is 2.56. The van der Waals surface area contributed by atoms with Crippen LogP contribution in [-0.2, 0) is 16.0 Å². The van der Waals surface area contributed by atoms with Gasteiger partial charge in [-0.15, -0.1) is 0 Å². The van der Waals surface area contributed by atoms with Crippen LogP contribution in [0.3, 0.4) is 0 Å². The third-order valence-electron chi connectivity index (χ3n) is 3.42. The number of carbonyl (C=O) groups excluding carboxylic acids is 2. The number of rotatable bonds is 8. The van der Waals surface area contributed by atoms with Gasteiger partial charge in [0, 0.05) is 20.1 Å². The number of nitrogens with zero attached hydrogens (tertiary/aromatic N) is 2. The van der Waals surface area contributed by atoms with Gasteiger partial charge in [0.1, 0.15) is 5.75 Å². The second-order valence-corrected chi connectivity index (χ2v) is 5.02. The first kappa shape index (κ1) is 18.9. The summed E-state index contributed by atoms with van der Waals surface area (Å²) in [5.41, 5.74) is 0.666. The minimum absolute atomic E-state index is 0.0209. The van der Waals surface area contributed by atoms with Gasteiger partial charge in [-0.25, -0.2) is 0 Å². The van der Waals surface area contributed by atoms with Crippen molar-refractivity contribution in [3.8, 4) is 5.75 Å². The quantitative estimate of drug-likeness (QED) is 0.735. The van der Waals surface area contributed by atoms with Crippen LogP contribution in [0, 0.1) is 0 Å². The van der Waals surface area contributed by atoms with Crippen LogP contribution in [0.2, 0.25) is 0 Å². The lowest BCUT2D eigenvalue weighted by atomic mass is 10.1. The summed E-state index contributed by atoms with van der Waals surface area (Å²) in [4.78, 5) is 27.1.